The Morgan fingerprint density at radius 1 is 0.507 bits per heavy atom. The molecule has 0 spiro atoms. The Balaban J connectivity index is 0.000000134. The fraction of sp³-hybridized carbons (Fsp3) is 0.400. The van der Waals surface area contributed by atoms with Gasteiger partial charge in [0.25, 0.3) is 0 Å². The van der Waals surface area contributed by atoms with Crippen molar-refractivity contribution in [3.63, 3.8) is 0 Å². The highest BCUT2D eigenvalue weighted by Gasteiger charge is 2.37. The Labute approximate surface area is 451 Å². The van der Waals surface area contributed by atoms with Crippen LogP contribution in [0.3, 0.4) is 0 Å². The van der Waals surface area contributed by atoms with Gasteiger partial charge >= 0.3 is 0 Å². The van der Waals surface area contributed by atoms with Crippen molar-refractivity contribution in [1.29, 1.82) is 0 Å². The number of rotatable bonds is 4. The van der Waals surface area contributed by atoms with E-state index in [0.717, 1.165) is 50.1 Å². The molecule has 4 unspecified atom stereocenters. The monoisotopic (exact) mass is 1020 g/mol. The summed E-state index contributed by atoms with van der Waals surface area (Å²) in [6.07, 6.45) is -2.82. The van der Waals surface area contributed by atoms with E-state index in [9.17, 15) is 19.2 Å². The van der Waals surface area contributed by atoms with Crippen LogP contribution < -0.4 is 22.9 Å². The number of hydrogen-bond acceptors (Lipinski definition) is 4. The third kappa shape index (κ3) is 9.93. The van der Waals surface area contributed by atoms with Crippen molar-refractivity contribution in [2.45, 2.75) is 130 Å². The minimum absolute atomic E-state index is 0.0455. The molecule has 8 nitrogen and oxygen atoms in total. The zero-order valence-electron chi connectivity index (χ0n) is 53.2. The molecule has 4 atom stereocenters. The number of aryl methyl sites for hydroxylation is 3. The van der Waals surface area contributed by atoms with Crippen molar-refractivity contribution in [3.05, 3.63) is 159 Å². The number of halogens is 3. The number of carbonyl (C=O) groups is 4. The van der Waals surface area contributed by atoms with Crippen LogP contribution in [0.25, 0.3) is 22.3 Å². The average molecular weight is 1030 g/mol. The van der Waals surface area contributed by atoms with Crippen LogP contribution in [0.15, 0.2) is 76.8 Å². The van der Waals surface area contributed by atoms with Crippen molar-refractivity contribution in [2.75, 3.05) is 0 Å². The van der Waals surface area contributed by atoms with Gasteiger partial charge in [0.1, 0.15) is 0 Å². The van der Waals surface area contributed by atoms with E-state index in [1.165, 1.54) is 0 Å². The Kier molecular flexibility index (Phi) is 10.6. The standard InChI is InChI=1S/3C15H16ClNO.C15H17NO/c2*1-8-5-9-6-13-10(12(9)7-14(8)16)3-2-4-11(13)15(17)18;1-8-5-9(16)6-13-10-3-2-4-11(15(17)18)14(10)7-12(8)13;1-9-5-6-10-8-14-11(13(10)7-9)3-2-4-12(14)15(16)17/h2*5,7,11H,2-4,6H2,1H3,(H2,17,18);5-6,11H,2-4,7H2,1H3,(H2,17,18);5-7,12H,2-4,8H2,1H3,(H2,16,17)/i3D2,5D,7D;3D2,7D;3D2,11D;3D2,12D. The molecular formula is C60H65Cl3N4O4. The summed E-state index contributed by atoms with van der Waals surface area (Å²) in [4.78, 5) is 46.9. The van der Waals surface area contributed by atoms with Gasteiger partial charge in [-0.15, -0.1) is 0 Å². The summed E-state index contributed by atoms with van der Waals surface area (Å²) >= 11 is 18.4. The van der Waals surface area contributed by atoms with Gasteiger partial charge in [0.15, 0.2) is 0 Å². The van der Waals surface area contributed by atoms with Gasteiger partial charge in [-0.05, 0) is 260 Å². The van der Waals surface area contributed by atoms with Gasteiger partial charge in [-0.25, -0.2) is 0 Å². The molecule has 0 fully saturated rings. The largest absolute Gasteiger partial charge is 0.369 e. The second kappa shape index (κ2) is 20.6. The first-order chi connectivity index (χ1) is 38.8. The SMILES string of the molecule is [2H]C1([2H])CCC([2H])(C(N)=O)C2=C1c1cc(C)ccc1C2.[2H]C1([2H])CCC([2H])(C(N)=O)C2=C1c1cc(Cl)cc(C)c1C2.[2H]c1c(C)c(Cl)c([2H])c2c1CC1=C2C([2H])([2H])CCC1C(N)=O.[2H]c1c(Cl)c(C)cc2c1C1=C(C2)C(C(N)=O)CCC1([2H])[2H]. The summed E-state index contributed by atoms with van der Waals surface area (Å²) in [6, 6.07) is 11.8. The van der Waals surface area contributed by atoms with Crippen molar-refractivity contribution in [3.8, 4) is 0 Å². The smallest absolute Gasteiger partial charge is 0.224 e. The molecule has 8 aliphatic carbocycles. The number of fused-ring (bicyclic) bond motifs is 8. The Hall–Kier alpha value is -5.41. The molecule has 0 heterocycles. The molecule has 0 radical (unpaired) electrons. The summed E-state index contributed by atoms with van der Waals surface area (Å²) in [5.41, 5.74) is 35.3. The molecule has 71 heavy (non-hydrogen) atoms. The van der Waals surface area contributed by atoms with Crippen molar-refractivity contribution in [2.24, 2.45) is 46.6 Å². The maximum Gasteiger partial charge on any atom is 0.224 e. The number of allylic oxidation sites excluding steroid dienone is 4. The quantitative estimate of drug-likeness (QED) is 0.159. The molecule has 8 aliphatic rings. The first-order valence-electron chi connectivity index (χ1n) is 30.4. The van der Waals surface area contributed by atoms with Gasteiger partial charge in [-0.1, -0.05) is 70.7 Å². The molecule has 0 saturated carbocycles. The van der Waals surface area contributed by atoms with Crippen LogP contribution in [0.4, 0.5) is 0 Å². The van der Waals surface area contributed by atoms with E-state index in [2.05, 4.69) is 0 Å². The number of amides is 4. The summed E-state index contributed by atoms with van der Waals surface area (Å²) in [5.74, 6) is -6.21. The van der Waals surface area contributed by atoms with Crippen LogP contribution in [0.2, 0.25) is 15.1 Å². The third-order valence-corrected chi connectivity index (χ3v) is 15.6. The number of carbonyl (C=O) groups excluding carboxylic acids is 4. The van der Waals surface area contributed by atoms with Gasteiger partial charge in [-0.2, -0.15) is 0 Å². The van der Waals surface area contributed by atoms with Crippen LogP contribution in [-0.4, -0.2) is 23.6 Å². The van der Waals surface area contributed by atoms with E-state index in [0.29, 0.717) is 110 Å². The zero-order valence-corrected chi connectivity index (χ0v) is 42.4. The molecule has 0 bridgehead atoms. The Morgan fingerprint density at radius 3 is 1.55 bits per heavy atom. The van der Waals surface area contributed by atoms with Crippen LogP contribution in [0.1, 0.15) is 161 Å². The molecule has 370 valence electrons. The fourth-order valence-electron chi connectivity index (χ4n) is 11.1. The van der Waals surface area contributed by atoms with E-state index in [-0.39, 0.29) is 61.7 Å². The number of nitrogens with two attached hydrogens (primary N) is 4. The Morgan fingerprint density at radius 2 is 0.986 bits per heavy atom. The summed E-state index contributed by atoms with van der Waals surface area (Å²) in [6.45, 7) is 7.38. The van der Waals surface area contributed by atoms with Crippen molar-refractivity contribution >= 4 is 80.7 Å². The maximum atomic E-state index is 11.8. The lowest BCUT2D eigenvalue weighted by Crippen LogP contribution is -2.27. The van der Waals surface area contributed by atoms with Crippen LogP contribution in [0, 0.1) is 51.3 Å². The van der Waals surface area contributed by atoms with Gasteiger partial charge in [-0.3, -0.25) is 19.2 Å². The molecule has 4 aromatic rings. The highest BCUT2D eigenvalue weighted by Crippen LogP contribution is 2.49. The van der Waals surface area contributed by atoms with Crippen molar-refractivity contribution in [1.82, 2.24) is 0 Å². The molecule has 12 rings (SSSR count). The van der Waals surface area contributed by atoms with Gasteiger partial charge < -0.3 is 22.9 Å². The Bertz CT molecular complexity index is 3740. The molecule has 11 heteroatoms. The summed E-state index contributed by atoms with van der Waals surface area (Å²) in [5, 5.41) is 1.06. The lowest BCUT2D eigenvalue weighted by atomic mass is 9.82. The number of primary amides is 4. The first-order valence-corrected chi connectivity index (χ1v) is 25.1. The molecule has 0 saturated heterocycles. The van der Waals surface area contributed by atoms with E-state index < -0.39 is 72.7 Å². The second-order valence-electron chi connectivity index (χ2n) is 19.2. The average Bonchev–Trinajstić information content (AvgIpc) is 1.63. The number of benzene rings is 4. The fourth-order valence-corrected chi connectivity index (χ4v) is 11.7. The predicted octanol–water partition coefficient (Wildman–Crippen LogP) is 12.3. The van der Waals surface area contributed by atoms with E-state index in [4.69, 9.17) is 75.6 Å². The van der Waals surface area contributed by atoms with Gasteiger partial charge in [0.2, 0.25) is 23.6 Å². The van der Waals surface area contributed by atoms with E-state index in [1.54, 1.807) is 13.0 Å². The topological polar surface area (TPSA) is 172 Å². The highest BCUT2D eigenvalue weighted by atomic mass is 35.5. The molecular weight excluding hydrogens is 947 g/mol. The zero-order chi connectivity index (χ0) is 62.2. The highest BCUT2D eigenvalue weighted by molar-refractivity contribution is 6.32. The molecule has 4 aromatic carbocycles. The minimum atomic E-state index is -1.63. The lowest BCUT2D eigenvalue weighted by Gasteiger charge is -2.22. The third-order valence-electron chi connectivity index (χ3n) is 14.6. The van der Waals surface area contributed by atoms with Gasteiger partial charge in [0.05, 0.1) is 27.7 Å². The minimum Gasteiger partial charge on any atom is -0.369 e. The molecule has 4 amide bonds. The lowest BCUT2D eigenvalue weighted by molar-refractivity contribution is -0.121. The molecule has 0 aliphatic heterocycles. The second-order valence-corrected chi connectivity index (χ2v) is 20.4. The van der Waals surface area contributed by atoms with Crippen molar-refractivity contribution < 1.29 is 37.0 Å². The predicted molar refractivity (Wildman–Crippen MR) is 288 cm³/mol. The van der Waals surface area contributed by atoms with Crippen LogP contribution >= 0.6 is 34.8 Å². The number of hydrogen-bond donors (Lipinski definition) is 4. The van der Waals surface area contributed by atoms with Crippen LogP contribution in [0.5, 0.6) is 0 Å². The normalized spacial score (nSPS) is 29.5. The molecule has 0 aromatic heterocycles. The van der Waals surface area contributed by atoms with Gasteiger partial charge in [0, 0.05) is 28.8 Å². The van der Waals surface area contributed by atoms with E-state index in [1.807, 2.05) is 51.1 Å². The summed E-state index contributed by atoms with van der Waals surface area (Å²) < 4.78 is 108. The first kappa shape index (κ1) is 36.5. The molecule has 8 N–H and O–H groups in total. The maximum absolute atomic E-state index is 11.8. The van der Waals surface area contributed by atoms with Crippen LogP contribution in [-0.2, 0) is 44.9 Å². The summed E-state index contributed by atoms with van der Waals surface area (Å²) in [7, 11) is 0. The van der Waals surface area contributed by atoms with E-state index >= 15 is 0 Å².